The van der Waals surface area contributed by atoms with E-state index in [1.54, 1.807) is 18.2 Å². The highest BCUT2D eigenvalue weighted by molar-refractivity contribution is 5.95. The fraction of sp³-hybridized carbons (Fsp3) is 0.176. The molecule has 0 radical (unpaired) electrons. The third-order valence-electron chi connectivity index (χ3n) is 3.11. The number of hydrogen-bond acceptors (Lipinski definition) is 3. The predicted octanol–water partition coefficient (Wildman–Crippen LogP) is 3.57. The van der Waals surface area contributed by atoms with Crippen molar-refractivity contribution >= 4 is 17.4 Å². The summed E-state index contributed by atoms with van der Waals surface area (Å²) in [5, 5.41) is 2.32. The molecule has 0 heterocycles. The Balaban J connectivity index is 2.05. The van der Waals surface area contributed by atoms with Crippen LogP contribution in [0.25, 0.3) is 0 Å². The van der Waals surface area contributed by atoms with Crippen LogP contribution in [0.3, 0.4) is 0 Å². The van der Waals surface area contributed by atoms with Gasteiger partial charge in [0.1, 0.15) is 17.4 Å². The summed E-state index contributed by atoms with van der Waals surface area (Å²) in [6.45, 7) is 2.91. The zero-order chi connectivity index (χ0) is 17.0. The van der Waals surface area contributed by atoms with Crippen LogP contribution in [0.1, 0.15) is 24.2 Å². The zero-order valence-electron chi connectivity index (χ0n) is 12.6. The van der Waals surface area contributed by atoms with E-state index in [4.69, 9.17) is 4.74 Å². The molecule has 1 N–H and O–H groups in total. The number of carbonyl (C=O) groups is 2. The lowest BCUT2D eigenvalue weighted by molar-refractivity contribution is -0.122. The van der Waals surface area contributed by atoms with Gasteiger partial charge in [-0.25, -0.2) is 8.78 Å². The molecular formula is C17H15F2NO3. The molecule has 0 saturated carbocycles. The molecule has 1 unspecified atom stereocenters. The van der Waals surface area contributed by atoms with Crippen molar-refractivity contribution < 1.29 is 23.1 Å². The molecule has 23 heavy (non-hydrogen) atoms. The Morgan fingerprint density at radius 2 is 1.87 bits per heavy atom. The number of benzene rings is 2. The molecule has 0 bridgehead atoms. The van der Waals surface area contributed by atoms with Gasteiger partial charge in [-0.3, -0.25) is 9.59 Å². The molecule has 4 nitrogen and oxygen atoms in total. The van der Waals surface area contributed by atoms with Crippen molar-refractivity contribution in [2.45, 2.75) is 20.0 Å². The maximum atomic E-state index is 13.5. The summed E-state index contributed by atoms with van der Waals surface area (Å²) in [4.78, 5) is 23.3. The Hall–Kier alpha value is -2.76. The number of rotatable bonds is 5. The van der Waals surface area contributed by atoms with E-state index in [0.29, 0.717) is 17.4 Å². The number of nitrogens with one attached hydrogen (secondary N) is 1. The van der Waals surface area contributed by atoms with Crippen LogP contribution < -0.4 is 10.1 Å². The zero-order valence-corrected chi connectivity index (χ0v) is 12.6. The van der Waals surface area contributed by atoms with E-state index < -0.39 is 23.6 Å². The minimum Gasteiger partial charge on any atom is -0.481 e. The second-order valence-electron chi connectivity index (χ2n) is 4.96. The molecule has 2 aromatic carbocycles. The molecule has 0 aliphatic rings. The highest BCUT2D eigenvalue weighted by atomic mass is 19.1. The molecular weight excluding hydrogens is 304 g/mol. The molecule has 0 aliphatic heterocycles. The highest BCUT2D eigenvalue weighted by Crippen LogP contribution is 2.18. The third-order valence-corrected chi connectivity index (χ3v) is 3.11. The van der Waals surface area contributed by atoms with Gasteiger partial charge in [0.25, 0.3) is 5.91 Å². The molecule has 0 fully saturated rings. The van der Waals surface area contributed by atoms with E-state index in [1.807, 2.05) is 0 Å². The molecule has 0 aromatic heterocycles. The second kappa shape index (κ2) is 7.00. The van der Waals surface area contributed by atoms with E-state index >= 15 is 0 Å². The molecule has 0 aliphatic carbocycles. The van der Waals surface area contributed by atoms with Crippen molar-refractivity contribution in [1.29, 1.82) is 0 Å². The molecule has 1 amide bonds. The fourth-order valence-corrected chi connectivity index (χ4v) is 1.87. The van der Waals surface area contributed by atoms with Crippen LogP contribution >= 0.6 is 0 Å². The summed E-state index contributed by atoms with van der Waals surface area (Å²) in [6.07, 6.45) is -0.929. The largest absolute Gasteiger partial charge is 0.481 e. The van der Waals surface area contributed by atoms with Crippen molar-refractivity contribution in [2.75, 3.05) is 5.32 Å². The quantitative estimate of drug-likeness (QED) is 0.857. The predicted molar refractivity (Wildman–Crippen MR) is 81.5 cm³/mol. The van der Waals surface area contributed by atoms with Crippen molar-refractivity contribution in [1.82, 2.24) is 0 Å². The van der Waals surface area contributed by atoms with Gasteiger partial charge in [-0.05, 0) is 38.1 Å². The van der Waals surface area contributed by atoms with Gasteiger partial charge in [-0.15, -0.1) is 0 Å². The van der Waals surface area contributed by atoms with Crippen LogP contribution in [0.15, 0.2) is 42.5 Å². The number of carbonyl (C=O) groups excluding carboxylic acids is 2. The molecule has 120 valence electrons. The van der Waals surface area contributed by atoms with Gasteiger partial charge in [0.05, 0.1) is 5.69 Å². The van der Waals surface area contributed by atoms with Crippen LogP contribution in [-0.2, 0) is 4.79 Å². The number of ether oxygens (including phenoxy) is 1. The second-order valence-corrected chi connectivity index (χ2v) is 4.96. The first-order chi connectivity index (χ1) is 10.9. The van der Waals surface area contributed by atoms with Crippen molar-refractivity contribution in [3.63, 3.8) is 0 Å². The summed E-state index contributed by atoms with van der Waals surface area (Å²) in [5.41, 5.74) is 0.323. The average molecular weight is 319 g/mol. The van der Waals surface area contributed by atoms with Gasteiger partial charge in [0.15, 0.2) is 11.9 Å². The first kappa shape index (κ1) is 16.6. The van der Waals surface area contributed by atoms with Crippen LogP contribution in [0.2, 0.25) is 0 Å². The standard InChI is InChI=1S/C17H15F2NO3/c1-10(21)12-4-3-5-14(8-12)23-11(2)17(22)20-16-7-6-13(18)9-15(16)19/h3-9,11H,1-2H3,(H,20,22). The molecule has 0 saturated heterocycles. The minimum absolute atomic E-state index is 0.124. The number of amides is 1. The van der Waals surface area contributed by atoms with Gasteiger partial charge in [0, 0.05) is 11.6 Å². The van der Waals surface area contributed by atoms with E-state index in [1.165, 1.54) is 19.9 Å². The molecule has 2 rings (SSSR count). The molecule has 1 atom stereocenters. The first-order valence-corrected chi connectivity index (χ1v) is 6.90. The SMILES string of the molecule is CC(=O)c1cccc(OC(C)C(=O)Nc2ccc(F)cc2F)c1. The fourth-order valence-electron chi connectivity index (χ4n) is 1.87. The van der Waals surface area contributed by atoms with E-state index in [9.17, 15) is 18.4 Å². The van der Waals surface area contributed by atoms with Gasteiger partial charge in [0.2, 0.25) is 0 Å². The number of Topliss-reactive ketones (excluding diaryl/α,β-unsaturated/α-hetero) is 1. The Labute approximate surface area is 132 Å². The van der Waals surface area contributed by atoms with Gasteiger partial charge >= 0.3 is 0 Å². The van der Waals surface area contributed by atoms with Crippen molar-refractivity contribution in [2.24, 2.45) is 0 Å². The van der Waals surface area contributed by atoms with Crippen LogP contribution in [0.5, 0.6) is 5.75 Å². The normalized spacial score (nSPS) is 11.7. The minimum atomic E-state index is -0.929. The van der Waals surface area contributed by atoms with Gasteiger partial charge in [-0.1, -0.05) is 12.1 Å². The topological polar surface area (TPSA) is 55.4 Å². The lowest BCUT2D eigenvalue weighted by atomic mass is 10.1. The maximum absolute atomic E-state index is 13.5. The summed E-state index contributed by atoms with van der Waals surface area (Å²) in [7, 11) is 0. The van der Waals surface area contributed by atoms with E-state index in [2.05, 4.69) is 5.32 Å². The summed E-state index contributed by atoms with van der Waals surface area (Å²) >= 11 is 0. The van der Waals surface area contributed by atoms with E-state index in [-0.39, 0.29) is 11.5 Å². The Morgan fingerprint density at radius 1 is 1.13 bits per heavy atom. The number of hydrogen-bond donors (Lipinski definition) is 1. The van der Waals surface area contributed by atoms with Crippen LogP contribution in [0, 0.1) is 11.6 Å². The number of halogens is 2. The first-order valence-electron chi connectivity index (χ1n) is 6.90. The Kier molecular flexibility index (Phi) is 5.05. The smallest absolute Gasteiger partial charge is 0.265 e. The van der Waals surface area contributed by atoms with E-state index in [0.717, 1.165) is 12.1 Å². The summed E-state index contributed by atoms with van der Waals surface area (Å²) in [5.74, 6) is -1.97. The highest BCUT2D eigenvalue weighted by Gasteiger charge is 2.17. The molecule has 2 aromatic rings. The lowest BCUT2D eigenvalue weighted by Crippen LogP contribution is -2.30. The average Bonchev–Trinajstić information content (AvgIpc) is 2.50. The maximum Gasteiger partial charge on any atom is 0.265 e. The third kappa shape index (κ3) is 4.35. The monoisotopic (exact) mass is 319 g/mol. The molecule has 6 heteroatoms. The van der Waals surface area contributed by atoms with Gasteiger partial charge < -0.3 is 10.1 Å². The Bertz CT molecular complexity index is 746. The van der Waals surface area contributed by atoms with Crippen LogP contribution in [0.4, 0.5) is 14.5 Å². The van der Waals surface area contributed by atoms with Crippen molar-refractivity contribution in [3.05, 3.63) is 59.7 Å². The van der Waals surface area contributed by atoms with Crippen molar-refractivity contribution in [3.8, 4) is 5.75 Å². The van der Waals surface area contributed by atoms with Crippen LogP contribution in [-0.4, -0.2) is 17.8 Å². The Morgan fingerprint density at radius 3 is 2.52 bits per heavy atom. The molecule has 0 spiro atoms. The lowest BCUT2D eigenvalue weighted by Gasteiger charge is -2.15. The number of ketones is 1. The summed E-state index contributed by atoms with van der Waals surface area (Å²) in [6, 6.07) is 9.24. The summed E-state index contributed by atoms with van der Waals surface area (Å²) < 4.78 is 31.8. The van der Waals surface area contributed by atoms with Gasteiger partial charge in [-0.2, -0.15) is 0 Å². The number of anilines is 1.